The van der Waals surface area contributed by atoms with Crippen LogP contribution in [0, 0.1) is 6.92 Å². The average Bonchev–Trinajstić information content (AvgIpc) is 2.63. The van der Waals surface area contributed by atoms with Gasteiger partial charge in [0.25, 0.3) is 5.56 Å². The molecular formula is C20H14ClN3O2. The lowest BCUT2D eigenvalue weighted by atomic mass is 10.0. The van der Waals surface area contributed by atoms with E-state index in [9.17, 15) is 9.59 Å². The fraction of sp³-hybridized carbons (Fsp3) is 0.0500. The Kier molecular flexibility index (Phi) is 3.93. The summed E-state index contributed by atoms with van der Waals surface area (Å²) in [6.07, 6.45) is 3.13. The Hall–Kier alpha value is -3.18. The summed E-state index contributed by atoms with van der Waals surface area (Å²) in [5, 5.41) is 1.03. The zero-order valence-corrected chi connectivity index (χ0v) is 14.6. The van der Waals surface area contributed by atoms with Gasteiger partial charge in [-0.05, 0) is 42.3 Å². The highest BCUT2D eigenvalue weighted by Gasteiger charge is 2.13. The molecule has 0 saturated carbocycles. The Morgan fingerprint density at radius 2 is 1.88 bits per heavy atom. The van der Waals surface area contributed by atoms with Crippen LogP contribution < -0.4 is 11.2 Å². The monoisotopic (exact) mass is 363 g/mol. The van der Waals surface area contributed by atoms with Gasteiger partial charge in [0.05, 0.1) is 22.8 Å². The van der Waals surface area contributed by atoms with E-state index in [0.717, 1.165) is 21.3 Å². The highest BCUT2D eigenvalue weighted by Crippen LogP contribution is 2.28. The number of aromatic amines is 1. The molecule has 0 radical (unpaired) electrons. The number of nitrogens with one attached hydrogen (secondary N) is 1. The summed E-state index contributed by atoms with van der Waals surface area (Å²) in [4.78, 5) is 32.3. The fourth-order valence-corrected chi connectivity index (χ4v) is 3.23. The van der Waals surface area contributed by atoms with Crippen LogP contribution in [-0.2, 0) is 0 Å². The van der Waals surface area contributed by atoms with Gasteiger partial charge in [0.1, 0.15) is 0 Å². The third-order valence-corrected chi connectivity index (χ3v) is 4.66. The second-order valence-corrected chi connectivity index (χ2v) is 6.38. The van der Waals surface area contributed by atoms with Gasteiger partial charge in [-0.25, -0.2) is 9.36 Å². The highest BCUT2D eigenvalue weighted by atomic mass is 35.5. The van der Waals surface area contributed by atoms with Gasteiger partial charge >= 0.3 is 5.69 Å². The van der Waals surface area contributed by atoms with Crippen molar-refractivity contribution < 1.29 is 0 Å². The van der Waals surface area contributed by atoms with Gasteiger partial charge in [0.15, 0.2) is 0 Å². The molecule has 5 nitrogen and oxygen atoms in total. The largest absolute Gasteiger partial charge is 0.333 e. The quantitative estimate of drug-likeness (QED) is 0.590. The van der Waals surface area contributed by atoms with E-state index in [2.05, 4.69) is 9.97 Å². The number of H-pyrrole nitrogens is 1. The molecule has 0 spiro atoms. The highest BCUT2D eigenvalue weighted by molar-refractivity contribution is 6.33. The molecule has 0 bridgehead atoms. The smallest absolute Gasteiger partial charge is 0.306 e. The number of aromatic nitrogens is 3. The normalized spacial score (nSPS) is 11.0. The molecule has 1 N–H and O–H groups in total. The van der Waals surface area contributed by atoms with Crippen LogP contribution in [0.1, 0.15) is 5.56 Å². The summed E-state index contributed by atoms with van der Waals surface area (Å²) in [6.45, 7) is 1.83. The van der Waals surface area contributed by atoms with E-state index in [0.29, 0.717) is 21.6 Å². The van der Waals surface area contributed by atoms with Crippen LogP contribution in [0.15, 0.2) is 70.5 Å². The Balaban J connectivity index is 1.98. The summed E-state index contributed by atoms with van der Waals surface area (Å²) >= 11 is 6.25. The molecule has 0 aliphatic carbocycles. The predicted molar refractivity (Wildman–Crippen MR) is 103 cm³/mol. The van der Waals surface area contributed by atoms with Gasteiger partial charge in [-0.15, -0.1) is 0 Å². The van der Waals surface area contributed by atoms with Gasteiger partial charge < -0.3 is 4.98 Å². The lowest BCUT2D eigenvalue weighted by Crippen LogP contribution is -2.34. The van der Waals surface area contributed by atoms with Gasteiger partial charge in [-0.3, -0.25) is 9.78 Å². The van der Waals surface area contributed by atoms with Crippen LogP contribution in [0.4, 0.5) is 0 Å². The Labute approximate surface area is 153 Å². The molecule has 128 valence electrons. The molecule has 2 aromatic heterocycles. The number of benzene rings is 2. The molecule has 0 atom stereocenters. The summed E-state index contributed by atoms with van der Waals surface area (Å²) in [7, 11) is 0. The topological polar surface area (TPSA) is 67.8 Å². The van der Waals surface area contributed by atoms with Crippen LogP contribution in [0.3, 0.4) is 0 Å². The van der Waals surface area contributed by atoms with E-state index in [1.165, 1.54) is 6.20 Å². The molecule has 26 heavy (non-hydrogen) atoms. The maximum atomic E-state index is 12.9. The van der Waals surface area contributed by atoms with E-state index in [1.807, 2.05) is 31.2 Å². The first kappa shape index (κ1) is 16.3. The Bertz CT molecular complexity index is 1260. The minimum atomic E-state index is -0.505. The summed E-state index contributed by atoms with van der Waals surface area (Å²) < 4.78 is 1.11. The van der Waals surface area contributed by atoms with Crippen molar-refractivity contribution in [1.82, 2.24) is 14.5 Å². The first-order valence-electron chi connectivity index (χ1n) is 8.01. The molecule has 0 saturated heterocycles. The summed E-state index contributed by atoms with van der Waals surface area (Å²) in [5.74, 6) is 0. The van der Waals surface area contributed by atoms with Crippen LogP contribution in [0.25, 0.3) is 27.7 Å². The number of hydrogen-bond acceptors (Lipinski definition) is 3. The first-order chi connectivity index (χ1) is 12.6. The third kappa shape index (κ3) is 2.62. The molecule has 0 fully saturated rings. The Morgan fingerprint density at radius 3 is 2.65 bits per heavy atom. The van der Waals surface area contributed by atoms with Crippen molar-refractivity contribution in [2.45, 2.75) is 6.92 Å². The maximum absolute atomic E-state index is 12.9. The number of halogens is 1. The molecule has 4 aromatic rings. The molecule has 0 aliphatic rings. The molecule has 6 heteroatoms. The van der Waals surface area contributed by atoms with E-state index < -0.39 is 5.69 Å². The second kappa shape index (κ2) is 6.28. The van der Waals surface area contributed by atoms with Gasteiger partial charge in [-0.1, -0.05) is 35.9 Å². The van der Waals surface area contributed by atoms with Gasteiger partial charge in [0.2, 0.25) is 0 Å². The van der Waals surface area contributed by atoms with Crippen LogP contribution in [-0.4, -0.2) is 14.5 Å². The van der Waals surface area contributed by atoms with Crippen molar-refractivity contribution in [3.05, 3.63) is 92.3 Å². The van der Waals surface area contributed by atoms with Crippen LogP contribution >= 0.6 is 11.6 Å². The minimum Gasteiger partial charge on any atom is -0.306 e. The molecule has 0 aliphatic heterocycles. The summed E-state index contributed by atoms with van der Waals surface area (Å²) in [6, 6.07) is 14.5. The molecule has 0 amide bonds. The lowest BCUT2D eigenvalue weighted by Gasteiger charge is -2.10. The van der Waals surface area contributed by atoms with Crippen molar-refractivity contribution in [3.8, 4) is 16.8 Å². The number of rotatable bonds is 2. The SMILES string of the molecule is Cc1ccncc1-n1c(=O)[nH]c2cc(-c3ccccc3Cl)ccc2c1=O. The van der Waals surface area contributed by atoms with Crippen molar-refractivity contribution in [3.63, 3.8) is 0 Å². The average molecular weight is 364 g/mol. The van der Waals surface area contributed by atoms with Gasteiger partial charge in [-0.2, -0.15) is 0 Å². The van der Waals surface area contributed by atoms with Crippen LogP contribution in [0.2, 0.25) is 5.02 Å². The number of nitrogens with zero attached hydrogens (tertiary/aromatic N) is 2. The standard InChI is InChI=1S/C20H14ClN3O2/c1-12-8-9-22-11-18(12)24-19(25)15-7-6-13(10-17(15)23-20(24)26)14-4-2-3-5-16(14)21/h2-11H,1H3,(H,23,26). The molecule has 0 unspecified atom stereocenters. The third-order valence-electron chi connectivity index (χ3n) is 4.33. The van der Waals surface area contributed by atoms with Crippen molar-refractivity contribution in [2.75, 3.05) is 0 Å². The maximum Gasteiger partial charge on any atom is 0.333 e. The molecule has 2 heterocycles. The number of fused-ring (bicyclic) bond motifs is 1. The zero-order valence-electron chi connectivity index (χ0n) is 13.9. The Morgan fingerprint density at radius 1 is 1.08 bits per heavy atom. The number of hydrogen-bond donors (Lipinski definition) is 1. The zero-order chi connectivity index (χ0) is 18.3. The number of aryl methyl sites for hydroxylation is 1. The van der Waals surface area contributed by atoms with Crippen molar-refractivity contribution in [2.24, 2.45) is 0 Å². The van der Waals surface area contributed by atoms with E-state index >= 15 is 0 Å². The minimum absolute atomic E-state index is 0.384. The van der Waals surface area contributed by atoms with E-state index in [1.54, 1.807) is 30.5 Å². The molecular weight excluding hydrogens is 350 g/mol. The van der Waals surface area contributed by atoms with Crippen molar-refractivity contribution in [1.29, 1.82) is 0 Å². The second-order valence-electron chi connectivity index (χ2n) is 5.97. The lowest BCUT2D eigenvalue weighted by molar-refractivity contribution is 0.886. The fourth-order valence-electron chi connectivity index (χ4n) is 2.99. The molecule has 4 rings (SSSR count). The van der Waals surface area contributed by atoms with E-state index in [-0.39, 0.29) is 5.56 Å². The molecule has 2 aromatic carbocycles. The van der Waals surface area contributed by atoms with Crippen LogP contribution in [0.5, 0.6) is 0 Å². The number of pyridine rings is 1. The predicted octanol–water partition coefficient (Wildman–Crippen LogP) is 3.70. The van der Waals surface area contributed by atoms with E-state index in [4.69, 9.17) is 11.6 Å². The van der Waals surface area contributed by atoms with Crippen molar-refractivity contribution >= 4 is 22.5 Å². The van der Waals surface area contributed by atoms with Gasteiger partial charge in [0, 0.05) is 16.8 Å². The summed E-state index contributed by atoms with van der Waals surface area (Å²) in [5.41, 5.74) is 2.50. The first-order valence-corrected chi connectivity index (χ1v) is 8.39.